The largest absolute Gasteiger partial charge is 0.481 e. The fourth-order valence-corrected chi connectivity index (χ4v) is 3.65. The number of hydrogen-bond donors (Lipinski definition) is 2. The van der Waals surface area contributed by atoms with Crippen molar-refractivity contribution >= 4 is 11.9 Å². The minimum absolute atomic E-state index is 0.129. The third-order valence-electron chi connectivity index (χ3n) is 5.26. The zero-order chi connectivity index (χ0) is 17.2. The maximum absolute atomic E-state index is 12.5. The summed E-state index contributed by atoms with van der Waals surface area (Å²) in [6.45, 7) is 5.90. The predicted octanol–water partition coefficient (Wildman–Crippen LogP) is 2.29. The molecule has 0 aliphatic heterocycles. The molecule has 23 heavy (non-hydrogen) atoms. The van der Waals surface area contributed by atoms with E-state index in [1.54, 1.807) is 4.68 Å². The van der Waals surface area contributed by atoms with Crippen LogP contribution < -0.4 is 5.32 Å². The Hall–Kier alpha value is -1.85. The molecule has 1 heterocycles. The highest BCUT2D eigenvalue weighted by Gasteiger charge is 2.40. The van der Waals surface area contributed by atoms with Crippen molar-refractivity contribution in [3.8, 4) is 0 Å². The van der Waals surface area contributed by atoms with Gasteiger partial charge in [0.05, 0.1) is 17.0 Å². The number of aryl methyl sites for hydroxylation is 2. The van der Waals surface area contributed by atoms with Gasteiger partial charge in [-0.3, -0.25) is 14.3 Å². The lowest BCUT2D eigenvalue weighted by Crippen LogP contribution is -2.45. The minimum atomic E-state index is -0.799. The van der Waals surface area contributed by atoms with Crippen LogP contribution in [-0.2, 0) is 16.6 Å². The average Bonchev–Trinajstić information content (AvgIpc) is 2.77. The second kappa shape index (κ2) is 6.72. The Morgan fingerprint density at radius 2 is 1.91 bits per heavy atom. The SMILES string of the molecule is Cc1nn(C)c(C)c1C(C)C(=O)NCC1(C(=O)O)CCCCC1. The van der Waals surface area contributed by atoms with Gasteiger partial charge < -0.3 is 10.4 Å². The molecule has 0 radical (unpaired) electrons. The van der Waals surface area contributed by atoms with Gasteiger partial charge in [0.15, 0.2) is 0 Å². The molecule has 2 N–H and O–H groups in total. The number of carbonyl (C=O) groups excluding carboxylic acids is 1. The topological polar surface area (TPSA) is 84.2 Å². The molecule has 1 unspecified atom stereocenters. The van der Waals surface area contributed by atoms with Crippen LogP contribution in [0.1, 0.15) is 61.9 Å². The normalized spacial score (nSPS) is 18.4. The highest BCUT2D eigenvalue weighted by atomic mass is 16.4. The van der Waals surface area contributed by atoms with Gasteiger partial charge in [0.25, 0.3) is 0 Å². The van der Waals surface area contributed by atoms with E-state index in [0.717, 1.165) is 36.2 Å². The first-order valence-corrected chi connectivity index (χ1v) is 8.30. The summed E-state index contributed by atoms with van der Waals surface area (Å²) < 4.78 is 1.77. The van der Waals surface area contributed by atoms with Crippen molar-refractivity contribution in [2.75, 3.05) is 6.54 Å². The molecule has 0 aromatic carbocycles. The smallest absolute Gasteiger partial charge is 0.311 e. The second-order valence-corrected chi connectivity index (χ2v) is 6.79. The molecule has 1 aromatic rings. The maximum atomic E-state index is 12.5. The van der Waals surface area contributed by atoms with Crippen molar-refractivity contribution < 1.29 is 14.7 Å². The third-order valence-corrected chi connectivity index (χ3v) is 5.26. The molecule has 1 aliphatic rings. The summed E-state index contributed by atoms with van der Waals surface area (Å²) in [6, 6.07) is 0. The number of carboxylic acids is 1. The van der Waals surface area contributed by atoms with Crippen molar-refractivity contribution in [1.82, 2.24) is 15.1 Å². The molecule has 1 aromatic heterocycles. The molecular formula is C17H27N3O3. The molecule has 1 fully saturated rings. The van der Waals surface area contributed by atoms with E-state index in [0.29, 0.717) is 12.8 Å². The third kappa shape index (κ3) is 3.41. The number of rotatable bonds is 5. The molecule has 1 saturated carbocycles. The van der Waals surface area contributed by atoms with Crippen LogP contribution in [0, 0.1) is 19.3 Å². The van der Waals surface area contributed by atoms with Crippen LogP contribution in [0.25, 0.3) is 0 Å². The van der Waals surface area contributed by atoms with Gasteiger partial charge in [-0.1, -0.05) is 19.3 Å². The van der Waals surface area contributed by atoms with Gasteiger partial charge in [-0.15, -0.1) is 0 Å². The molecule has 6 nitrogen and oxygen atoms in total. The van der Waals surface area contributed by atoms with Crippen LogP contribution in [0.3, 0.4) is 0 Å². The molecule has 6 heteroatoms. The standard InChI is InChI=1S/C17H27N3O3/c1-11(14-12(2)19-20(4)13(14)3)15(21)18-10-17(16(22)23)8-6-5-7-9-17/h11H,5-10H2,1-4H3,(H,18,21)(H,22,23). The predicted molar refractivity (Wildman–Crippen MR) is 87.3 cm³/mol. The first-order valence-electron chi connectivity index (χ1n) is 8.30. The van der Waals surface area contributed by atoms with Crippen LogP contribution in [0.5, 0.6) is 0 Å². The van der Waals surface area contributed by atoms with Gasteiger partial charge in [-0.05, 0) is 33.6 Å². The van der Waals surface area contributed by atoms with Crippen LogP contribution >= 0.6 is 0 Å². The van der Waals surface area contributed by atoms with E-state index < -0.39 is 11.4 Å². The van der Waals surface area contributed by atoms with E-state index >= 15 is 0 Å². The van der Waals surface area contributed by atoms with E-state index in [-0.39, 0.29) is 18.4 Å². The average molecular weight is 321 g/mol. The molecule has 0 saturated heterocycles. The molecule has 1 atom stereocenters. The van der Waals surface area contributed by atoms with Gasteiger partial charge in [0.2, 0.25) is 5.91 Å². The van der Waals surface area contributed by atoms with E-state index in [2.05, 4.69) is 10.4 Å². The molecule has 0 spiro atoms. The zero-order valence-electron chi connectivity index (χ0n) is 14.5. The minimum Gasteiger partial charge on any atom is -0.481 e. The van der Waals surface area contributed by atoms with E-state index in [9.17, 15) is 14.7 Å². The molecule has 1 amide bonds. The van der Waals surface area contributed by atoms with Crippen molar-refractivity contribution in [2.24, 2.45) is 12.5 Å². The summed E-state index contributed by atoms with van der Waals surface area (Å²) in [7, 11) is 1.86. The fraction of sp³-hybridized carbons (Fsp3) is 0.706. The van der Waals surface area contributed by atoms with Crippen molar-refractivity contribution in [1.29, 1.82) is 0 Å². The summed E-state index contributed by atoms with van der Waals surface area (Å²) in [5.41, 5.74) is 1.94. The van der Waals surface area contributed by atoms with Crippen LogP contribution in [0.15, 0.2) is 0 Å². The number of carbonyl (C=O) groups is 2. The summed E-state index contributed by atoms with van der Waals surface area (Å²) in [6.07, 6.45) is 4.19. The number of amides is 1. The lowest BCUT2D eigenvalue weighted by atomic mass is 9.74. The van der Waals surface area contributed by atoms with Gasteiger partial charge in [-0.2, -0.15) is 5.10 Å². The summed E-state index contributed by atoms with van der Waals surface area (Å²) in [4.78, 5) is 24.2. The van der Waals surface area contributed by atoms with Gasteiger partial charge in [0, 0.05) is 24.8 Å². The molecule has 2 rings (SSSR count). The molecular weight excluding hydrogens is 294 g/mol. The lowest BCUT2D eigenvalue weighted by Gasteiger charge is -2.33. The number of carboxylic acid groups (broad SMARTS) is 1. The summed E-state index contributed by atoms with van der Waals surface area (Å²) >= 11 is 0. The van der Waals surface area contributed by atoms with Crippen molar-refractivity contribution in [3.05, 3.63) is 17.0 Å². The number of nitrogens with zero attached hydrogens (tertiary/aromatic N) is 2. The molecule has 1 aliphatic carbocycles. The maximum Gasteiger partial charge on any atom is 0.311 e. The Morgan fingerprint density at radius 1 is 1.30 bits per heavy atom. The highest BCUT2D eigenvalue weighted by Crippen LogP contribution is 2.36. The first-order chi connectivity index (χ1) is 10.8. The monoisotopic (exact) mass is 321 g/mol. The highest BCUT2D eigenvalue weighted by molar-refractivity contribution is 5.84. The summed E-state index contributed by atoms with van der Waals surface area (Å²) in [5.74, 6) is -1.26. The van der Waals surface area contributed by atoms with E-state index in [1.165, 1.54) is 0 Å². The number of aliphatic carboxylic acids is 1. The van der Waals surface area contributed by atoms with Crippen molar-refractivity contribution in [3.63, 3.8) is 0 Å². The van der Waals surface area contributed by atoms with Gasteiger partial charge in [0.1, 0.15) is 0 Å². The Balaban J connectivity index is 2.07. The van der Waals surface area contributed by atoms with E-state index in [4.69, 9.17) is 0 Å². The number of hydrogen-bond acceptors (Lipinski definition) is 3. The first kappa shape index (κ1) is 17.5. The quantitative estimate of drug-likeness (QED) is 0.871. The Morgan fingerprint density at radius 3 is 2.39 bits per heavy atom. The molecule has 128 valence electrons. The zero-order valence-corrected chi connectivity index (χ0v) is 14.5. The van der Waals surface area contributed by atoms with Crippen LogP contribution in [0.4, 0.5) is 0 Å². The summed E-state index contributed by atoms with van der Waals surface area (Å²) in [5, 5.41) is 16.8. The van der Waals surface area contributed by atoms with Crippen LogP contribution in [-0.4, -0.2) is 33.3 Å². The number of aromatic nitrogens is 2. The Bertz CT molecular complexity index is 600. The number of nitrogens with one attached hydrogen (secondary N) is 1. The Labute approximate surface area is 137 Å². The van der Waals surface area contributed by atoms with Crippen molar-refractivity contribution in [2.45, 2.75) is 58.8 Å². The Kier molecular flexibility index (Phi) is 5.12. The van der Waals surface area contributed by atoms with Crippen LogP contribution in [0.2, 0.25) is 0 Å². The second-order valence-electron chi connectivity index (χ2n) is 6.79. The van der Waals surface area contributed by atoms with Gasteiger partial charge >= 0.3 is 5.97 Å². The molecule has 0 bridgehead atoms. The van der Waals surface area contributed by atoms with Gasteiger partial charge in [-0.25, -0.2) is 0 Å². The lowest BCUT2D eigenvalue weighted by molar-refractivity contribution is -0.151. The fourth-order valence-electron chi connectivity index (χ4n) is 3.65. The van der Waals surface area contributed by atoms with E-state index in [1.807, 2.05) is 27.8 Å².